The topological polar surface area (TPSA) is 38.3 Å². The average molecular weight is 267 g/mol. The summed E-state index contributed by atoms with van der Waals surface area (Å²) < 4.78 is 4.97. The lowest BCUT2D eigenvalue weighted by atomic mass is 10.1. The van der Waals surface area contributed by atoms with Gasteiger partial charge in [-0.2, -0.15) is 0 Å². The molecule has 0 saturated heterocycles. The third kappa shape index (κ3) is 5.10. The Hall–Kier alpha value is -1.00. The molecule has 0 bridgehead atoms. The van der Waals surface area contributed by atoms with Gasteiger partial charge in [0.15, 0.2) is 0 Å². The van der Waals surface area contributed by atoms with E-state index >= 15 is 0 Å². The third-order valence-corrected chi connectivity index (χ3v) is 3.67. The maximum Gasteiger partial charge on any atom is 0.230 e. The van der Waals surface area contributed by atoms with Crippen LogP contribution in [-0.4, -0.2) is 31.4 Å². The zero-order valence-corrected chi connectivity index (χ0v) is 12.3. The fourth-order valence-electron chi connectivity index (χ4n) is 1.56. The molecule has 0 radical (unpaired) electrons. The Bertz CT molecular complexity index is 407. The number of hydrogen-bond donors (Lipinski definition) is 1. The molecule has 0 aromatic heterocycles. The largest absolute Gasteiger partial charge is 0.383 e. The predicted molar refractivity (Wildman–Crippen MR) is 76.1 cm³/mol. The number of carbonyl (C=O) groups is 1. The van der Waals surface area contributed by atoms with Crippen LogP contribution in [0.2, 0.25) is 0 Å². The standard InChI is InChI=1S/C14H21NO2S/c1-10-5-6-13(7-11(10)2)18-9-14(16)15-12(3)8-17-4/h5-7,12H,8-9H2,1-4H3,(H,15,16). The number of carbonyl (C=O) groups excluding carboxylic acids is 1. The highest BCUT2D eigenvalue weighted by Crippen LogP contribution is 2.20. The highest BCUT2D eigenvalue weighted by Gasteiger charge is 2.07. The summed E-state index contributed by atoms with van der Waals surface area (Å²) in [5, 5.41) is 2.89. The Morgan fingerprint density at radius 1 is 1.39 bits per heavy atom. The molecule has 3 nitrogen and oxygen atoms in total. The van der Waals surface area contributed by atoms with Crippen molar-refractivity contribution in [2.24, 2.45) is 0 Å². The van der Waals surface area contributed by atoms with Crippen molar-refractivity contribution < 1.29 is 9.53 Å². The normalized spacial score (nSPS) is 12.2. The smallest absolute Gasteiger partial charge is 0.230 e. The molecule has 1 N–H and O–H groups in total. The molecule has 0 aliphatic rings. The minimum Gasteiger partial charge on any atom is -0.383 e. The minimum absolute atomic E-state index is 0.0442. The second kappa shape index (κ2) is 7.44. The first-order chi connectivity index (χ1) is 8.52. The van der Waals surface area contributed by atoms with Crippen LogP contribution in [0.5, 0.6) is 0 Å². The van der Waals surface area contributed by atoms with E-state index in [4.69, 9.17) is 4.74 Å². The quantitative estimate of drug-likeness (QED) is 0.805. The Morgan fingerprint density at radius 3 is 2.72 bits per heavy atom. The first kappa shape index (κ1) is 15.1. The van der Waals surface area contributed by atoms with E-state index in [1.54, 1.807) is 18.9 Å². The second-order valence-corrected chi connectivity index (χ2v) is 5.51. The van der Waals surface area contributed by atoms with Crippen molar-refractivity contribution in [3.8, 4) is 0 Å². The maximum absolute atomic E-state index is 11.7. The number of thioether (sulfide) groups is 1. The van der Waals surface area contributed by atoms with Crippen LogP contribution in [0.15, 0.2) is 23.1 Å². The summed E-state index contributed by atoms with van der Waals surface area (Å²) in [7, 11) is 1.63. The van der Waals surface area contributed by atoms with Gasteiger partial charge < -0.3 is 10.1 Å². The lowest BCUT2D eigenvalue weighted by Crippen LogP contribution is -2.36. The Morgan fingerprint density at radius 2 is 2.11 bits per heavy atom. The summed E-state index contributed by atoms with van der Waals surface area (Å²) >= 11 is 1.56. The van der Waals surface area contributed by atoms with Crippen LogP contribution in [-0.2, 0) is 9.53 Å². The van der Waals surface area contributed by atoms with Gasteiger partial charge in [0.05, 0.1) is 12.4 Å². The van der Waals surface area contributed by atoms with Gasteiger partial charge in [-0.05, 0) is 44.0 Å². The zero-order valence-electron chi connectivity index (χ0n) is 11.4. The van der Waals surface area contributed by atoms with Crippen molar-refractivity contribution in [2.75, 3.05) is 19.5 Å². The number of hydrogen-bond acceptors (Lipinski definition) is 3. The Balaban J connectivity index is 2.40. The third-order valence-electron chi connectivity index (χ3n) is 2.67. The number of aryl methyl sites for hydroxylation is 2. The fraction of sp³-hybridized carbons (Fsp3) is 0.500. The van der Waals surface area contributed by atoms with Gasteiger partial charge in [-0.15, -0.1) is 11.8 Å². The Labute approximate surface area is 113 Å². The van der Waals surface area contributed by atoms with Gasteiger partial charge in [0.2, 0.25) is 5.91 Å². The number of amides is 1. The molecule has 100 valence electrons. The van der Waals surface area contributed by atoms with Crippen LogP contribution < -0.4 is 5.32 Å². The first-order valence-corrected chi connectivity index (χ1v) is 7.00. The predicted octanol–water partition coefficient (Wildman–Crippen LogP) is 2.55. The van der Waals surface area contributed by atoms with Crippen LogP contribution in [0.25, 0.3) is 0 Å². The van der Waals surface area contributed by atoms with Crippen molar-refractivity contribution in [2.45, 2.75) is 31.7 Å². The van der Waals surface area contributed by atoms with Gasteiger partial charge in [-0.25, -0.2) is 0 Å². The van der Waals surface area contributed by atoms with Crippen LogP contribution >= 0.6 is 11.8 Å². The molecule has 1 aromatic carbocycles. The molecule has 1 unspecified atom stereocenters. The molecule has 1 amide bonds. The Kier molecular flexibility index (Phi) is 6.22. The van der Waals surface area contributed by atoms with E-state index in [-0.39, 0.29) is 11.9 Å². The molecular weight excluding hydrogens is 246 g/mol. The molecule has 18 heavy (non-hydrogen) atoms. The number of methoxy groups -OCH3 is 1. The van der Waals surface area contributed by atoms with E-state index in [1.165, 1.54) is 11.1 Å². The van der Waals surface area contributed by atoms with Crippen LogP contribution in [0, 0.1) is 13.8 Å². The van der Waals surface area contributed by atoms with E-state index in [0.29, 0.717) is 12.4 Å². The lowest BCUT2D eigenvalue weighted by molar-refractivity contribution is -0.119. The molecule has 0 heterocycles. The summed E-state index contributed by atoms with van der Waals surface area (Å²) in [4.78, 5) is 12.8. The molecule has 4 heteroatoms. The van der Waals surface area contributed by atoms with E-state index < -0.39 is 0 Å². The van der Waals surface area contributed by atoms with Gasteiger partial charge in [-0.1, -0.05) is 6.07 Å². The molecule has 1 rings (SSSR count). The molecule has 0 aliphatic heterocycles. The van der Waals surface area contributed by atoms with Gasteiger partial charge in [0.1, 0.15) is 0 Å². The van der Waals surface area contributed by atoms with E-state index in [0.717, 1.165) is 4.90 Å². The molecule has 0 aliphatic carbocycles. The monoisotopic (exact) mass is 267 g/mol. The van der Waals surface area contributed by atoms with Gasteiger partial charge in [-0.3, -0.25) is 4.79 Å². The highest BCUT2D eigenvalue weighted by atomic mass is 32.2. The number of benzene rings is 1. The SMILES string of the molecule is COCC(C)NC(=O)CSc1ccc(C)c(C)c1. The summed E-state index contributed by atoms with van der Waals surface area (Å²) in [5.74, 6) is 0.485. The first-order valence-electron chi connectivity index (χ1n) is 6.01. The van der Waals surface area contributed by atoms with E-state index in [1.807, 2.05) is 6.92 Å². The second-order valence-electron chi connectivity index (χ2n) is 4.46. The van der Waals surface area contributed by atoms with E-state index in [2.05, 4.69) is 37.4 Å². The van der Waals surface area contributed by atoms with Gasteiger partial charge in [0, 0.05) is 18.0 Å². The van der Waals surface area contributed by atoms with Crippen LogP contribution in [0.4, 0.5) is 0 Å². The number of ether oxygens (including phenoxy) is 1. The van der Waals surface area contributed by atoms with Crippen molar-refractivity contribution in [3.05, 3.63) is 29.3 Å². The molecule has 1 atom stereocenters. The fourth-order valence-corrected chi connectivity index (χ4v) is 2.37. The van der Waals surface area contributed by atoms with E-state index in [9.17, 15) is 4.79 Å². The van der Waals surface area contributed by atoms with Crippen molar-refractivity contribution in [1.29, 1.82) is 0 Å². The minimum atomic E-state index is 0.0442. The molecule has 0 saturated carbocycles. The average Bonchev–Trinajstić information content (AvgIpc) is 2.31. The van der Waals surface area contributed by atoms with Crippen molar-refractivity contribution >= 4 is 17.7 Å². The molecule has 0 fully saturated rings. The molecular formula is C14H21NO2S. The summed E-state index contributed by atoms with van der Waals surface area (Å²) in [5.41, 5.74) is 2.53. The van der Waals surface area contributed by atoms with Crippen LogP contribution in [0.1, 0.15) is 18.1 Å². The summed E-state index contributed by atoms with van der Waals surface area (Å²) in [6.45, 7) is 6.64. The number of rotatable bonds is 6. The summed E-state index contributed by atoms with van der Waals surface area (Å²) in [6, 6.07) is 6.32. The van der Waals surface area contributed by atoms with Crippen LogP contribution in [0.3, 0.4) is 0 Å². The van der Waals surface area contributed by atoms with Crippen molar-refractivity contribution in [3.63, 3.8) is 0 Å². The van der Waals surface area contributed by atoms with Gasteiger partial charge in [0.25, 0.3) is 0 Å². The molecule has 0 spiro atoms. The highest BCUT2D eigenvalue weighted by molar-refractivity contribution is 8.00. The zero-order chi connectivity index (χ0) is 13.5. The molecule has 1 aromatic rings. The number of nitrogens with one attached hydrogen (secondary N) is 1. The lowest BCUT2D eigenvalue weighted by Gasteiger charge is -2.12. The van der Waals surface area contributed by atoms with Crippen molar-refractivity contribution in [1.82, 2.24) is 5.32 Å². The summed E-state index contributed by atoms with van der Waals surface area (Å²) in [6.07, 6.45) is 0. The van der Waals surface area contributed by atoms with Gasteiger partial charge >= 0.3 is 0 Å². The maximum atomic E-state index is 11.7.